The number of benzene rings is 1. The molecule has 0 spiro atoms. The first-order valence-electron chi connectivity index (χ1n) is 8.44. The standard InChI is InChI=1S/C20H22N2O3S/c1-4-21-13-17(14(2)22-7-9-25-10-8-22)15-5-6-18-16(11-15)12-19(26-18)20(23)24-3/h4-6,11-13H,1,7-10H2,2-3H3/b17-14-,21-13?. The Morgan fingerprint density at radius 1 is 1.35 bits per heavy atom. The SMILES string of the molecule is C=CN=C/C(=C(\C)N1CCOCC1)c1ccc2sc(C(=O)OC)cc2c1. The Balaban J connectivity index is 2.04. The van der Waals surface area contributed by atoms with Crippen LogP contribution in [0.3, 0.4) is 0 Å². The molecule has 0 radical (unpaired) electrons. The topological polar surface area (TPSA) is 51.1 Å². The monoisotopic (exact) mass is 370 g/mol. The molecule has 0 atom stereocenters. The van der Waals surface area contributed by atoms with Crippen LogP contribution in [-0.4, -0.2) is 50.5 Å². The molecule has 1 aromatic heterocycles. The van der Waals surface area contributed by atoms with Gasteiger partial charge in [-0.25, -0.2) is 4.79 Å². The fourth-order valence-electron chi connectivity index (χ4n) is 2.99. The summed E-state index contributed by atoms with van der Waals surface area (Å²) in [5.41, 5.74) is 3.25. The van der Waals surface area contributed by atoms with E-state index in [0.717, 1.165) is 53.2 Å². The number of methoxy groups -OCH3 is 1. The van der Waals surface area contributed by atoms with Crippen molar-refractivity contribution < 1.29 is 14.3 Å². The molecule has 1 fully saturated rings. The zero-order chi connectivity index (χ0) is 18.5. The van der Waals surface area contributed by atoms with Gasteiger partial charge in [0.25, 0.3) is 0 Å². The largest absolute Gasteiger partial charge is 0.465 e. The molecule has 6 heteroatoms. The van der Waals surface area contributed by atoms with E-state index in [0.29, 0.717) is 4.88 Å². The lowest BCUT2D eigenvalue weighted by Gasteiger charge is -2.30. The van der Waals surface area contributed by atoms with Gasteiger partial charge in [0.1, 0.15) is 4.88 Å². The van der Waals surface area contributed by atoms with Gasteiger partial charge in [0.2, 0.25) is 0 Å². The van der Waals surface area contributed by atoms with Crippen LogP contribution in [0.25, 0.3) is 15.7 Å². The molecule has 1 aliphatic heterocycles. The first-order valence-corrected chi connectivity index (χ1v) is 9.25. The van der Waals surface area contributed by atoms with Gasteiger partial charge in [0.05, 0.1) is 20.3 Å². The van der Waals surface area contributed by atoms with Crippen LogP contribution in [0.15, 0.2) is 47.7 Å². The Hall–Kier alpha value is -2.44. The molecule has 136 valence electrons. The molecule has 3 rings (SSSR count). The summed E-state index contributed by atoms with van der Waals surface area (Å²) < 4.78 is 11.3. The highest BCUT2D eigenvalue weighted by molar-refractivity contribution is 7.20. The second-order valence-corrected chi connectivity index (χ2v) is 7.00. The zero-order valence-electron chi connectivity index (χ0n) is 15.0. The number of carbonyl (C=O) groups excluding carboxylic acids is 1. The number of hydrogen-bond donors (Lipinski definition) is 0. The summed E-state index contributed by atoms with van der Waals surface area (Å²) in [5, 5.41) is 1.02. The summed E-state index contributed by atoms with van der Waals surface area (Å²) in [6.45, 7) is 8.97. The molecule has 0 bridgehead atoms. The summed E-state index contributed by atoms with van der Waals surface area (Å²) in [5.74, 6) is -0.304. The maximum absolute atomic E-state index is 11.8. The Morgan fingerprint density at radius 2 is 2.12 bits per heavy atom. The number of rotatable bonds is 5. The third kappa shape index (κ3) is 3.86. The highest BCUT2D eigenvalue weighted by Gasteiger charge is 2.16. The van der Waals surface area contributed by atoms with E-state index in [9.17, 15) is 4.79 Å². The molecule has 1 aromatic carbocycles. The molecular formula is C20H22N2O3S. The molecule has 0 amide bonds. The zero-order valence-corrected chi connectivity index (χ0v) is 15.8. The average molecular weight is 370 g/mol. The van der Waals surface area contributed by atoms with Crippen LogP contribution >= 0.6 is 11.3 Å². The molecule has 1 aliphatic rings. The predicted octanol–water partition coefficient (Wildman–Crippen LogP) is 3.97. The van der Waals surface area contributed by atoms with Crippen molar-refractivity contribution in [3.8, 4) is 0 Å². The highest BCUT2D eigenvalue weighted by Crippen LogP contribution is 2.30. The summed E-state index contributed by atoms with van der Waals surface area (Å²) >= 11 is 1.44. The van der Waals surface area contributed by atoms with Crippen LogP contribution in [0.5, 0.6) is 0 Å². The normalized spacial score (nSPS) is 16.0. The number of carbonyl (C=O) groups is 1. The lowest BCUT2D eigenvalue weighted by Crippen LogP contribution is -2.35. The molecule has 26 heavy (non-hydrogen) atoms. The fraction of sp³-hybridized carbons (Fsp3) is 0.300. The molecule has 5 nitrogen and oxygen atoms in total. The van der Waals surface area contributed by atoms with E-state index in [1.54, 1.807) is 0 Å². The van der Waals surface area contributed by atoms with Gasteiger partial charge in [-0.3, -0.25) is 4.99 Å². The molecule has 2 heterocycles. The van der Waals surface area contributed by atoms with E-state index >= 15 is 0 Å². The number of hydrogen-bond acceptors (Lipinski definition) is 6. The number of nitrogens with zero attached hydrogens (tertiary/aromatic N) is 2. The molecule has 0 unspecified atom stereocenters. The summed E-state index contributed by atoms with van der Waals surface area (Å²) in [4.78, 5) is 18.9. The summed E-state index contributed by atoms with van der Waals surface area (Å²) in [6, 6.07) is 8.07. The molecular weight excluding hydrogens is 348 g/mol. The minimum absolute atomic E-state index is 0.304. The number of morpholine rings is 1. The van der Waals surface area contributed by atoms with Crippen molar-refractivity contribution in [3.63, 3.8) is 0 Å². The number of esters is 1. The fourth-order valence-corrected chi connectivity index (χ4v) is 3.95. The van der Waals surface area contributed by atoms with Crippen molar-refractivity contribution in [2.24, 2.45) is 4.99 Å². The lowest BCUT2D eigenvalue weighted by atomic mass is 10.0. The van der Waals surface area contributed by atoms with E-state index in [1.165, 1.54) is 24.6 Å². The molecule has 2 aromatic rings. The van der Waals surface area contributed by atoms with Crippen LogP contribution < -0.4 is 0 Å². The minimum atomic E-state index is -0.304. The molecule has 0 saturated carbocycles. The third-order valence-electron chi connectivity index (χ3n) is 4.40. The van der Waals surface area contributed by atoms with Crippen molar-refractivity contribution in [1.82, 2.24) is 4.90 Å². The quantitative estimate of drug-likeness (QED) is 0.590. The van der Waals surface area contributed by atoms with E-state index in [2.05, 4.69) is 35.5 Å². The van der Waals surface area contributed by atoms with Gasteiger partial charge in [0, 0.05) is 41.5 Å². The average Bonchev–Trinajstić information content (AvgIpc) is 3.11. The smallest absolute Gasteiger partial charge is 0.348 e. The van der Waals surface area contributed by atoms with Gasteiger partial charge >= 0.3 is 5.97 Å². The van der Waals surface area contributed by atoms with Crippen LogP contribution in [0.2, 0.25) is 0 Å². The maximum atomic E-state index is 11.8. The van der Waals surface area contributed by atoms with Gasteiger partial charge in [-0.05, 0) is 36.1 Å². The van der Waals surface area contributed by atoms with Gasteiger partial charge in [0.15, 0.2) is 0 Å². The number of fused-ring (bicyclic) bond motifs is 1. The molecule has 0 N–H and O–H groups in total. The lowest BCUT2D eigenvalue weighted by molar-refractivity contribution is 0.0541. The van der Waals surface area contributed by atoms with E-state index in [-0.39, 0.29) is 5.97 Å². The number of thiophene rings is 1. The first kappa shape index (κ1) is 18.4. The van der Waals surface area contributed by atoms with Crippen molar-refractivity contribution in [1.29, 1.82) is 0 Å². The molecule has 0 aliphatic carbocycles. The van der Waals surface area contributed by atoms with Crippen molar-refractivity contribution in [2.45, 2.75) is 6.92 Å². The Labute approximate surface area is 157 Å². The maximum Gasteiger partial charge on any atom is 0.348 e. The Kier molecular flexibility index (Phi) is 5.85. The second-order valence-electron chi connectivity index (χ2n) is 5.91. The van der Waals surface area contributed by atoms with Gasteiger partial charge in [-0.2, -0.15) is 0 Å². The van der Waals surface area contributed by atoms with Gasteiger partial charge in [-0.15, -0.1) is 11.3 Å². The van der Waals surface area contributed by atoms with Crippen LogP contribution in [0.4, 0.5) is 0 Å². The van der Waals surface area contributed by atoms with Gasteiger partial charge < -0.3 is 14.4 Å². The van der Waals surface area contributed by atoms with Crippen LogP contribution in [0, 0.1) is 0 Å². The number of allylic oxidation sites excluding steroid dienone is 2. The molecule has 1 saturated heterocycles. The van der Waals surface area contributed by atoms with Crippen molar-refractivity contribution >= 4 is 39.2 Å². The van der Waals surface area contributed by atoms with Crippen LogP contribution in [0.1, 0.15) is 22.2 Å². The summed E-state index contributed by atoms with van der Waals surface area (Å²) in [6.07, 6.45) is 3.37. The number of ether oxygens (including phenoxy) is 2. The number of aliphatic imine (C=N–C) groups is 1. The van der Waals surface area contributed by atoms with Crippen molar-refractivity contribution in [3.05, 3.63) is 53.2 Å². The van der Waals surface area contributed by atoms with E-state index in [1.807, 2.05) is 18.3 Å². The highest BCUT2D eigenvalue weighted by atomic mass is 32.1. The third-order valence-corrected chi connectivity index (χ3v) is 5.49. The predicted molar refractivity (Wildman–Crippen MR) is 107 cm³/mol. The van der Waals surface area contributed by atoms with Crippen molar-refractivity contribution in [2.75, 3.05) is 33.4 Å². The summed E-state index contributed by atoms with van der Waals surface area (Å²) in [7, 11) is 1.40. The van der Waals surface area contributed by atoms with E-state index < -0.39 is 0 Å². The van der Waals surface area contributed by atoms with Gasteiger partial charge in [-0.1, -0.05) is 12.6 Å². The Morgan fingerprint density at radius 3 is 2.81 bits per heavy atom. The second kappa shape index (κ2) is 8.29. The first-order chi connectivity index (χ1) is 12.6. The van der Waals surface area contributed by atoms with Crippen LogP contribution in [-0.2, 0) is 9.47 Å². The minimum Gasteiger partial charge on any atom is -0.465 e. The van der Waals surface area contributed by atoms with E-state index in [4.69, 9.17) is 9.47 Å². The Bertz CT molecular complexity index is 876.